The molecule has 128 valence electrons. The summed E-state index contributed by atoms with van der Waals surface area (Å²) in [5, 5.41) is 2.99. The number of amides is 1. The van der Waals surface area contributed by atoms with Gasteiger partial charge in [0.2, 0.25) is 10.0 Å². The van der Waals surface area contributed by atoms with Crippen LogP contribution in [0.4, 0.5) is 5.69 Å². The molecule has 0 spiro atoms. The molecule has 0 atom stereocenters. The average molecular weight is 338 g/mol. The number of nitrogens with one attached hydrogen (secondary N) is 1. The van der Waals surface area contributed by atoms with Gasteiger partial charge in [-0.05, 0) is 49.9 Å². The normalized spacial score (nSPS) is 16.1. The number of hydrogen-bond acceptors (Lipinski definition) is 3. The molecule has 0 aliphatic heterocycles. The van der Waals surface area contributed by atoms with Crippen molar-refractivity contribution in [1.82, 2.24) is 5.32 Å². The number of carbonyl (C=O) groups is 1. The Morgan fingerprint density at radius 2 is 1.78 bits per heavy atom. The summed E-state index contributed by atoms with van der Waals surface area (Å²) in [5.41, 5.74) is 1.15. The Morgan fingerprint density at radius 3 is 2.30 bits per heavy atom. The van der Waals surface area contributed by atoms with E-state index in [0.29, 0.717) is 23.7 Å². The molecule has 1 aliphatic carbocycles. The van der Waals surface area contributed by atoms with E-state index < -0.39 is 10.0 Å². The molecule has 1 aromatic carbocycles. The van der Waals surface area contributed by atoms with Crippen LogP contribution < -0.4 is 9.62 Å². The van der Waals surface area contributed by atoms with E-state index in [9.17, 15) is 13.2 Å². The van der Waals surface area contributed by atoms with E-state index in [1.165, 1.54) is 42.7 Å². The monoisotopic (exact) mass is 338 g/mol. The fourth-order valence-corrected chi connectivity index (χ4v) is 4.09. The van der Waals surface area contributed by atoms with E-state index >= 15 is 0 Å². The highest BCUT2D eigenvalue weighted by molar-refractivity contribution is 7.92. The number of benzene rings is 1. The highest BCUT2D eigenvalue weighted by atomic mass is 32.2. The van der Waals surface area contributed by atoms with Gasteiger partial charge in [-0.25, -0.2) is 8.42 Å². The van der Waals surface area contributed by atoms with Gasteiger partial charge in [-0.15, -0.1) is 0 Å². The Balaban J connectivity index is 1.96. The van der Waals surface area contributed by atoms with E-state index in [-0.39, 0.29) is 5.91 Å². The minimum atomic E-state index is -3.29. The summed E-state index contributed by atoms with van der Waals surface area (Å²) >= 11 is 0. The lowest BCUT2D eigenvalue weighted by atomic mass is 9.89. The Morgan fingerprint density at radius 1 is 1.17 bits per heavy atom. The Kier molecular flexibility index (Phi) is 6.04. The van der Waals surface area contributed by atoms with Gasteiger partial charge in [0.25, 0.3) is 5.91 Å². The molecule has 2 rings (SSSR count). The number of anilines is 1. The van der Waals surface area contributed by atoms with Gasteiger partial charge in [-0.3, -0.25) is 9.10 Å². The van der Waals surface area contributed by atoms with Gasteiger partial charge < -0.3 is 5.32 Å². The number of nitrogens with zero attached hydrogens (tertiary/aromatic N) is 1. The van der Waals surface area contributed by atoms with Crippen LogP contribution in [0.5, 0.6) is 0 Å². The first-order chi connectivity index (χ1) is 10.9. The molecule has 0 unspecified atom stereocenters. The lowest BCUT2D eigenvalue weighted by Gasteiger charge is -2.22. The number of rotatable bonds is 6. The molecule has 5 nitrogen and oxygen atoms in total. The summed E-state index contributed by atoms with van der Waals surface area (Å²) in [6.45, 7) is 2.88. The Labute approximate surface area is 139 Å². The van der Waals surface area contributed by atoms with Crippen molar-refractivity contribution >= 4 is 21.6 Å². The third-order valence-electron chi connectivity index (χ3n) is 4.38. The van der Waals surface area contributed by atoms with Crippen molar-refractivity contribution in [2.45, 2.75) is 39.0 Å². The Bertz CT molecular complexity index is 620. The molecule has 1 amide bonds. The van der Waals surface area contributed by atoms with E-state index in [2.05, 4.69) is 5.32 Å². The zero-order valence-corrected chi connectivity index (χ0v) is 14.7. The first-order valence-corrected chi connectivity index (χ1v) is 10.1. The lowest BCUT2D eigenvalue weighted by Crippen LogP contribution is -2.31. The summed E-state index contributed by atoms with van der Waals surface area (Å²) in [7, 11) is -3.29. The van der Waals surface area contributed by atoms with Crippen LogP contribution in [-0.2, 0) is 10.0 Å². The predicted octanol–water partition coefficient (Wildman–Crippen LogP) is 2.78. The van der Waals surface area contributed by atoms with Gasteiger partial charge in [0.05, 0.1) is 11.9 Å². The van der Waals surface area contributed by atoms with Gasteiger partial charge in [-0.1, -0.05) is 19.3 Å². The van der Waals surface area contributed by atoms with Gasteiger partial charge in [0.15, 0.2) is 0 Å². The molecule has 0 bridgehead atoms. The number of carbonyl (C=O) groups excluding carboxylic acids is 1. The highest BCUT2D eigenvalue weighted by Crippen LogP contribution is 2.23. The predicted molar refractivity (Wildman–Crippen MR) is 93.2 cm³/mol. The third kappa shape index (κ3) is 4.96. The quantitative estimate of drug-likeness (QED) is 0.867. The summed E-state index contributed by atoms with van der Waals surface area (Å²) in [5.74, 6) is 0.498. The lowest BCUT2D eigenvalue weighted by molar-refractivity contribution is 0.0943. The molecule has 1 saturated carbocycles. The van der Waals surface area contributed by atoms with Gasteiger partial charge in [0.1, 0.15) is 0 Å². The third-order valence-corrected chi connectivity index (χ3v) is 5.65. The molecule has 0 aromatic heterocycles. The fourth-order valence-electron chi connectivity index (χ4n) is 3.12. The van der Waals surface area contributed by atoms with Crippen LogP contribution >= 0.6 is 0 Å². The van der Waals surface area contributed by atoms with E-state index in [1.54, 1.807) is 31.2 Å². The topological polar surface area (TPSA) is 66.5 Å². The smallest absolute Gasteiger partial charge is 0.251 e. The molecule has 1 N–H and O–H groups in total. The highest BCUT2D eigenvalue weighted by Gasteiger charge is 2.17. The molecule has 0 heterocycles. The molecule has 23 heavy (non-hydrogen) atoms. The van der Waals surface area contributed by atoms with Crippen LogP contribution in [0.15, 0.2) is 24.3 Å². The maximum Gasteiger partial charge on any atom is 0.251 e. The molecule has 1 aliphatic rings. The molecular formula is C17H26N2O3S. The first-order valence-electron chi connectivity index (χ1n) is 8.27. The van der Waals surface area contributed by atoms with Crippen molar-refractivity contribution in [2.24, 2.45) is 5.92 Å². The minimum Gasteiger partial charge on any atom is -0.352 e. The maximum atomic E-state index is 12.2. The maximum absolute atomic E-state index is 12.2. The second kappa shape index (κ2) is 7.81. The van der Waals surface area contributed by atoms with Gasteiger partial charge in [-0.2, -0.15) is 0 Å². The van der Waals surface area contributed by atoms with Crippen LogP contribution in [0.3, 0.4) is 0 Å². The average Bonchev–Trinajstić information content (AvgIpc) is 2.53. The molecule has 1 aromatic rings. The first kappa shape index (κ1) is 17.8. The second-order valence-corrected chi connectivity index (χ2v) is 8.10. The molecule has 6 heteroatoms. The largest absolute Gasteiger partial charge is 0.352 e. The zero-order chi connectivity index (χ0) is 16.9. The fraction of sp³-hybridized carbons (Fsp3) is 0.588. The molecule has 0 saturated heterocycles. The van der Waals surface area contributed by atoms with Gasteiger partial charge >= 0.3 is 0 Å². The summed E-state index contributed by atoms with van der Waals surface area (Å²) < 4.78 is 24.7. The van der Waals surface area contributed by atoms with Crippen molar-refractivity contribution in [3.63, 3.8) is 0 Å². The summed E-state index contributed by atoms with van der Waals surface area (Å²) in [4.78, 5) is 12.2. The standard InChI is InChI=1S/C17H26N2O3S/c1-3-19(23(2,21)22)16-11-9-15(10-12-16)17(20)18-13-14-7-5-4-6-8-14/h9-12,14H,3-8,13H2,1-2H3,(H,18,20). The minimum absolute atomic E-state index is 0.0930. The van der Waals surface area contributed by atoms with Gasteiger partial charge in [0, 0.05) is 18.7 Å². The SMILES string of the molecule is CCN(c1ccc(C(=O)NCC2CCCCC2)cc1)S(C)(=O)=O. The Hall–Kier alpha value is -1.56. The molecule has 1 fully saturated rings. The van der Waals surface area contributed by atoms with Crippen molar-refractivity contribution in [3.8, 4) is 0 Å². The second-order valence-electron chi connectivity index (χ2n) is 6.19. The molecule has 0 radical (unpaired) electrons. The zero-order valence-electron chi connectivity index (χ0n) is 13.9. The summed E-state index contributed by atoms with van der Waals surface area (Å²) in [6, 6.07) is 6.72. The van der Waals surface area contributed by atoms with Crippen LogP contribution in [0.2, 0.25) is 0 Å². The molecular weight excluding hydrogens is 312 g/mol. The van der Waals surface area contributed by atoms with Crippen LogP contribution in [0.1, 0.15) is 49.4 Å². The van der Waals surface area contributed by atoms with E-state index in [0.717, 1.165) is 6.54 Å². The van der Waals surface area contributed by atoms with Crippen molar-refractivity contribution < 1.29 is 13.2 Å². The van der Waals surface area contributed by atoms with Crippen LogP contribution in [0, 0.1) is 5.92 Å². The van der Waals surface area contributed by atoms with Crippen LogP contribution in [-0.4, -0.2) is 33.7 Å². The van der Waals surface area contributed by atoms with Crippen molar-refractivity contribution in [1.29, 1.82) is 0 Å². The summed E-state index contributed by atoms with van der Waals surface area (Å²) in [6.07, 6.45) is 7.39. The van der Waals surface area contributed by atoms with E-state index in [1.807, 2.05) is 0 Å². The van der Waals surface area contributed by atoms with Crippen molar-refractivity contribution in [3.05, 3.63) is 29.8 Å². The number of hydrogen-bond donors (Lipinski definition) is 1. The van der Waals surface area contributed by atoms with Crippen molar-refractivity contribution in [2.75, 3.05) is 23.7 Å². The van der Waals surface area contributed by atoms with Crippen LogP contribution in [0.25, 0.3) is 0 Å². The van der Waals surface area contributed by atoms with E-state index in [4.69, 9.17) is 0 Å². The number of sulfonamides is 1.